The zero-order chi connectivity index (χ0) is 37.5. The molecule has 0 amide bonds. The van der Waals surface area contributed by atoms with Crippen molar-refractivity contribution in [3.8, 4) is 22.5 Å². The van der Waals surface area contributed by atoms with Gasteiger partial charge in [0.1, 0.15) is 17.8 Å². The summed E-state index contributed by atoms with van der Waals surface area (Å²) >= 11 is 0. The molecule has 0 fully saturated rings. The van der Waals surface area contributed by atoms with E-state index in [1.807, 2.05) is 48.5 Å². The maximum Gasteiger partial charge on any atom is 0.306 e. The quantitative estimate of drug-likeness (QED) is 0.0301. The second-order valence-electron chi connectivity index (χ2n) is 13.5. The van der Waals surface area contributed by atoms with Gasteiger partial charge in [-0.3, -0.25) is 9.59 Å². The van der Waals surface area contributed by atoms with E-state index in [0.717, 1.165) is 74.4 Å². The van der Waals surface area contributed by atoms with Crippen LogP contribution < -0.4 is 0 Å². The van der Waals surface area contributed by atoms with Crippen LogP contribution in [0.4, 0.5) is 0 Å². The number of unbranched alkanes of at least 4 members (excludes halogenated alkanes) is 1. The Balaban J connectivity index is 1.15. The van der Waals surface area contributed by atoms with Gasteiger partial charge in [0.2, 0.25) is 0 Å². The number of benzene rings is 4. The van der Waals surface area contributed by atoms with Crippen molar-refractivity contribution in [3.63, 3.8) is 0 Å². The normalized spacial score (nSPS) is 11.9. The molecule has 6 rings (SSSR count). The Kier molecular flexibility index (Phi) is 11.6. The van der Waals surface area contributed by atoms with E-state index in [4.69, 9.17) is 14.7 Å². The Bertz CT molecular complexity index is 2250. The summed E-state index contributed by atoms with van der Waals surface area (Å²) < 4.78 is 9.75. The van der Waals surface area contributed by atoms with Crippen molar-refractivity contribution in [2.75, 3.05) is 6.61 Å². The molecule has 11 heteroatoms. The molecule has 11 nitrogen and oxygen atoms in total. The Morgan fingerprint density at radius 3 is 2.42 bits per heavy atom. The lowest BCUT2D eigenvalue weighted by Crippen LogP contribution is -2.13. The zero-order valence-electron chi connectivity index (χ0n) is 30.7. The molecule has 274 valence electrons. The SMILES string of the molecule is CCCc1nc2c(C)cc(-c3nc4ccccc4n3C)cc2n1Cc1ccc(-c2ccccc2C(=O)CCC(=O)OCCCCC(C)O[N+](=O)[O-])cc1. The van der Waals surface area contributed by atoms with E-state index in [9.17, 15) is 19.7 Å². The van der Waals surface area contributed by atoms with E-state index in [1.165, 1.54) is 0 Å². The van der Waals surface area contributed by atoms with Crippen LogP contribution in [-0.4, -0.2) is 48.7 Å². The smallest absolute Gasteiger partial charge is 0.306 e. The van der Waals surface area contributed by atoms with Crippen LogP contribution in [0.5, 0.6) is 0 Å². The number of aromatic nitrogens is 4. The van der Waals surface area contributed by atoms with Gasteiger partial charge < -0.3 is 18.7 Å². The molecule has 6 aromatic rings. The molecule has 4 aromatic carbocycles. The molecule has 0 bridgehead atoms. The van der Waals surface area contributed by atoms with E-state index >= 15 is 0 Å². The lowest BCUT2D eigenvalue weighted by molar-refractivity contribution is -0.767. The van der Waals surface area contributed by atoms with Gasteiger partial charge in [0.25, 0.3) is 5.09 Å². The number of carbonyl (C=O) groups excluding carboxylic acids is 2. The molecule has 0 aliphatic rings. The number of para-hydroxylation sites is 2. The number of Topliss-reactive ketones (excluding diaryl/α,β-unsaturated/α-hetero) is 1. The maximum atomic E-state index is 13.3. The zero-order valence-corrected chi connectivity index (χ0v) is 30.7. The van der Waals surface area contributed by atoms with E-state index in [2.05, 4.69) is 65.2 Å². The molecule has 1 atom stereocenters. The van der Waals surface area contributed by atoms with Crippen LogP contribution in [0.2, 0.25) is 0 Å². The number of hydrogen-bond acceptors (Lipinski definition) is 8. The molecule has 0 aliphatic heterocycles. The van der Waals surface area contributed by atoms with Gasteiger partial charge in [-0.15, -0.1) is 10.1 Å². The largest absolute Gasteiger partial charge is 0.466 e. The highest BCUT2D eigenvalue weighted by atomic mass is 17.0. The molecule has 0 radical (unpaired) electrons. The average Bonchev–Trinajstić information content (AvgIpc) is 3.67. The monoisotopic (exact) mass is 715 g/mol. The predicted molar refractivity (Wildman–Crippen MR) is 205 cm³/mol. The van der Waals surface area contributed by atoms with Crippen molar-refractivity contribution in [2.24, 2.45) is 7.05 Å². The fourth-order valence-electron chi connectivity index (χ4n) is 6.86. The lowest BCUT2D eigenvalue weighted by Gasteiger charge is -2.13. The molecule has 0 saturated heterocycles. The van der Waals surface area contributed by atoms with Crippen LogP contribution in [0.1, 0.15) is 79.7 Å². The van der Waals surface area contributed by atoms with Gasteiger partial charge in [-0.25, -0.2) is 9.97 Å². The molecular formula is C42H45N5O6. The molecule has 0 N–H and O–H groups in total. The molecule has 2 heterocycles. The molecule has 2 aromatic heterocycles. The Morgan fingerprint density at radius 2 is 1.66 bits per heavy atom. The minimum atomic E-state index is -0.802. The van der Waals surface area contributed by atoms with E-state index in [0.29, 0.717) is 31.4 Å². The number of rotatable bonds is 17. The number of imidazole rings is 2. The molecule has 0 aliphatic carbocycles. The third kappa shape index (κ3) is 8.63. The van der Waals surface area contributed by atoms with E-state index in [1.54, 1.807) is 13.0 Å². The minimum Gasteiger partial charge on any atom is -0.466 e. The highest BCUT2D eigenvalue weighted by molar-refractivity contribution is 6.03. The second-order valence-corrected chi connectivity index (χ2v) is 13.5. The molecular weight excluding hydrogens is 670 g/mol. The average molecular weight is 716 g/mol. The fourth-order valence-corrected chi connectivity index (χ4v) is 6.86. The van der Waals surface area contributed by atoms with Crippen molar-refractivity contribution in [2.45, 2.75) is 78.4 Å². The van der Waals surface area contributed by atoms with Crippen LogP contribution in [0.15, 0.2) is 84.9 Å². The molecule has 0 spiro atoms. The third-order valence-corrected chi connectivity index (χ3v) is 9.57. The number of nitrogens with zero attached hydrogens (tertiary/aromatic N) is 5. The van der Waals surface area contributed by atoms with Crippen LogP contribution in [-0.2, 0) is 34.4 Å². The molecule has 0 saturated carbocycles. The second kappa shape index (κ2) is 16.7. The van der Waals surface area contributed by atoms with Crippen molar-refractivity contribution in [1.29, 1.82) is 0 Å². The van der Waals surface area contributed by atoms with E-state index in [-0.39, 0.29) is 25.2 Å². The first-order valence-corrected chi connectivity index (χ1v) is 18.2. The van der Waals surface area contributed by atoms with Crippen LogP contribution in [0.25, 0.3) is 44.6 Å². The standard InChI is InChI=1S/C42H45N5O6/c1-5-12-39-44-41-28(2)25-32(42-43-35-16-8-9-17-36(35)45(42)4)26-37(41)46(39)27-30-18-20-31(21-19-30)33-14-6-7-15-34(33)38(48)22-23-40(49)52-24-11-10-13-29(3)53-47(50)51/h6-9,14-21,25-26,29H,5,10-13,22-24,27H2,1-4H3. The van der Waals surface area contributed by atoms with Gasteiger partial charge in [0.05, 0.1) is 35.1 Å². The van der Waals surface area contributed by atoms with Gasteiger partial charge in [-0.1, -0.05) is 67.6 Å². The van der Waals surface area contributed by atoms with Gasteiger partial charge in [0.15, 0.2) is 5.78 Å². The fraction of sp³-hybridized carbons (Fsp3) is 0.333. The Hall–Kier alpha value is -5.84. The van der Waals surface area contributed by atoms with Gasteiger partial charge in [-0.05, 0) is 86.1 Å². The van der Waals surface area contributed by atoms with Crippen molar-refractivity contribution in [3.05, 3.63) is 118 Å². The number of esters is 1. The first kappa shape index (κ1) is 36.9. The van der Waals surface area contributed by atoms with Gasteiger partial charge >= 0.3 is 5.97 Å². The number of fused-ring (bicyclic) bond motifs is 2. The van der Waals surface area contributed by atoms with Crippen LogP contribution in [0, 0.1) is 17.0 Å². The topological polar surface area (TPSA) is 131 Å². The van der Waals surface area contributed by atoms with Crippen LogP contribution >= 0.6 is 0 Å². The van der Waals surface area contributed by atoms with Crippen LogP contribution in [0.3, 0.4) is 0 Å². The highest BCUT2D eigenvalue weighted by Crippen LogP contribution is 2.31. The number of carbonyl (C=O) groups is 2. The Labute approximate surface area is 308 Å². The first-order valence-electron chi connectivity index (χ1n) is 18.2. The van der Waals surface area contributed by atoms with Gasteiger partial charge in [0, 0.05) is 37.6 Å². The van der Waals surface area contributed by atoms with Crippen molar-refractivity contribution in [1.82, 2.24) is 19.1 Å². The lowest BCUT2D eigenvalue weighted by atomic mass is 9.94. The molecule has 53 heavy (non-hydrogen) atoms. The summed E-state index contributed by atoms with van der Waals surface area (Å²) in [6.07, 6.45) is 3.00. The number of hydrogen-bond donors (Lipinski definition) is 0. The number of aryl methyl sites for hydroxylation is 3. The van der Waals surface area contributed by atoms with Crippen molar-refractivity contribution >= 4 is 33.8 Å². The summed E-state index contributed by atoms with van der Waals surface area (Å²) in [7, 11) is 2.06. The minimum absolute atomic E-state index is 0.0242. The summed E-state index contributed by atoms with van der Waals surface area (Å²) in [5.74, 6) is 1.39. The third-order valence-electron chi connectivity index (χ3n) is 9.57. The summed E-state index contributed by atoms with van der Waals surface area (Å²) in [6.45, 7) is 6.74. The predicted octanol–water partition coefficient (Wildman–Crippen LogP) is 8.84. The summed E-state index contributed by atoms with van der Waals surface area (Å²) in [4.78, 5) is 50.6. The first-order chi connectivity index (χ1) is 25.6. The summed E-state index contributed by atoms with van der Waals surface area (Å²) in [6, 6.07) is 28.3. The number of ether oxygens (including phenoxy) is 1. The summed E-state index contributed by atoms with van der Waals surface area (Å²) in [5.41, 5.74) is 9.69. The van der Waals surface area contributed by atoms with Crippen molar-refractivity contribution < 1.29 is 24.3 Å². The highest BCUT2D eigenvalue weighted by Gasteiger charge is 2.19. The molecule has 1 unspecified atom stereocenters. The summed E-state index contributed by atoms with van der Waals surface area (Å²) in [5, 5.41) is 9.61. The maximum absolute atomic E-state index is 13.3. The van der Waals surface area contributed by atoms with E-state index < -0.39 is 17.2 Å². The number of ketones is 1. The Morgan fingerprint density at radius 1 is 0.906 bits per heavy atom. The van der Waals surface area contributed by atoms with Gasteiger partial charge in [-0.2, -0.15) is 0 Å².